The third-order valence-electron chi connectivity index (χ3n) is 3.83. The molecule has 1 aliphatic rings. The molecular weight excluding hydrogens is 220 g/mol. The highest BCUT2D eigenvalue weighted by molar-refractivity contribution is 5.21. The van der Waals surface area contributed by atoms with Crippen LogP contribution in [0.25, 0.3) is 0 Å². The molecule has 1 aliphatic heterocycles. The van der Waals surface area contributed by atoms with Crippen molar-refractivity contribution in [2.45, 2.75) is 45.7 Å². The number of rotatable bonds is 2. The van der Waals surface area contributed by atoms with Crippen molar-refractivity contribution >= 4 is 0 Å². The smallest absolute Gasteiger partial charge is 0.0233 e. The highest BCUT2D eigenvalue weighted by atomic mass is 15.1. The molecule has 0 saturated carbocycles. The predicted molar refractivity (Wildman–Crippen MR) is 77.8 cm³/mol. The lowest BCUT2D eigenvalue weighted by molar-refractivity contribution is 0.198. The number of hydrogen-bond donors (Lipinski definition) is 1. The standard InChI is InChI=1S/C16H26N2/c1-14-5-7-15(8-6-14)13-18-11-4-10-17-16(2,3)9-12-18/h5-8,17H,4,9-13H2,1-3H3. The quantitative estimate of drug-likeness (QED) is 0.863. The Bertz CT molecular complexity index is 367. The van der Waals surface area contributed by atoms with Gasteiger partial charge in [-0.05, 0) is 52.3 Å². The zero-order chi connectivity index (χ0) is 13.0. The summed E-state index contributed by atoms with van der Waals surface area (Å²) in [7, 11) is 0. The Hall–Kier alpha value is -0.860. The summed E-state index contributed by atoms with van der Waals surface area (Å²) in [6, 6.07) is 8.95. The number of benzene rings is 1. The molecule has 0 aromatic heterocycles. The molecule has 18 heavy (non-hydrogen) atoms. The van der Waals surface area contributed by atoms with Gasteiger partial charge < -0.3 is 5.32 Å². The number of nitrogens with zero attached hydrogens (tertiary/aromatic N) is 1. The van der Waals surface area contributed by atoms with Crippen molar-refractivity contribution in [3.8, 4) is 0 Å². The lowest BCUT2D eigenvalue weighted by Gasteiger charge is -2.34. The zero-order valence-electron chi connectivity index (χ0n) is 12.0. The normalized spacial score (nSPS) is 21.3. The minimum atomic E-state index is 0.284. The molecule has 0 bridgehead atoms. The Morgan fingerprint density at radius 3 is 2.61 bits per heavy atom. The molecule has 1 saturated heterocycles. The van der Waals surface area contributed by atoms with Crippen LogP contribution in [0.2, 0.25) is 0 Å². The van der Waals surface area contributed by atoms with E-state index in [2.05, 4.69) is 55.3 Å². The van der Waals surface area contributed by atoms with E-state index in [9.17, 15) is 0 Å². The molecule has 0 amide bonds. The van der Waals surface area contributed by atoms with E-state index in [0.717, 1.165) is 13.1 Å². The molecule has 0 atom stereocenters. The minimum Gasteiger partial charge on any atom is -0.312 e. The van der Waals surface area contributed by atoms with Gasteiger partial charge in [0.1, 0.15) is 0 Å². The molecule has 1 N–H and O–H groups in total. The lowest BCUT2D eigenvalue weighted by Crippen LogP contribution is -2.46. The molecule has 1 aromatic rings. The van der Waals surface area contributed by atoms with Crippen LogP contribution >= 0.6 is 0 Å². The van der Waals surface area contributed by atoms with Gasteiger partial charge in [-0.3, -0.25) is 4.90 Å². The first-order valence-corrected chi connectivity index (χ1v) is 7.08. The summed E-state index contributed by atoms with van der Waals surface area (Å²) < 4.78 is 0. The van der Waals surface area contributed by atoms with Gasteiger partial charge in [0.25, 0.3) is 0 Å². The summed E-state index contributed by atoms with van der Waals surface area (Å²) in [6.07, 6.45) is 2.47. The Morgan fingerprint density at radius 2 is 1.89 bits per heavy atom. The van der Waals surface area contributed by atoms with Gasteiger partial charge in [-0.25, -0.2) is 0 Å². The van der Waals surface area contributed by atoms with E-state index in [1.807, 2.05) is 0 Å². The first-order chi connectivity index (χ1) is 8.55. The van der Waals surface area contributed by atoms with Crippen molar-refractivity contribution in [2.75, 3.05) is 19.6 Å². The van der Waals surface area contributed by atoms with E-state index in [1.165, 1.54) is 37.1 Å². The third-order valence-corrected chi connectivity index (χ3v) is 3.83. The van der Waals surface area contributed by atoms with Gasteiger partial charge in [-0.1, -0.05) is 29.8 Å². The molecule has 2 rings (SSSR count). The second kappa shape index (κ2) is 5.85. The Morgan fingerprint density at radius 1 is 1.17 bits per heavy atom. The van der Waals surface area contributed by atoms with Gasteiger partial charge in [0.05, 0.1) is 0 Å². The lowest BCUT2D eigenvalue weighted by atomic mass is 9.98. The third kappa shape index (κ3) is 4.11. The van der Waals surface area contributed by atoms with Gasteiger partial charge in [0.15, 0.2) is 0 Å². The molecule has 0 aliphatic carbocycles. The van der Waals surface area contributed by atoms with E-state index in [-0.39, 0.29) is 5.54 Å². The summed E-state index contributed by atoms with van der Waals surface area (Å²) >= 11 is 0. The molecule has 0 spiro atoms. The maximum Gasteiger partial charge on any atom is 0.0233 e. The molecule has 1 fully saturated rings. The fraction of sp³-hybridized carbons (Fsp3) is 0.625. The van der Waals surface area contributed by atoms with Crippen LogP contribution in [0.15, 0.2) is 24.3 Å². The fourth-order valence-corrected chi connectivity index (χ4v) is 2.48. The summed E-state index contributed by atoms with van der Waals surface area (Å²) in [5.74, 6) is 0. The molecule has 1 aromatic carbocycles. The van der Waals surface area contributed by atoms with Crippen molar-refractivity contribution in [2.24, 2.45) is 0 Å². The molecule has 1 heterocycles. The van der Waals surface area contributed by atoms with Crippen molar-refractivity contribution in [1.29, 1.82) is 0 Å². The van der Waals surface area contributed by atoms with Gasteiger partial charge in [0, 0.05) is 18.6 Å². The molecule has 0 radical (unpaired) electrons. The SMILES string of the molecule is Cc1ccc(CN2CCCNC(C)(C)CC2)cc1. The predicted octanol–water partition coefficient (Wildman–Crippen LogP) is 2.96. The maximum atomic E-state index is 3.63. The molecule has 2 heteroatoms. The van der Waals surface area contributed by atoms with Crippen LogP contribution in [0.3, 0.4) is 0 Å². The fourth-order valence-electron chi connectivity index (χ4n) is 2.48. The molecule has 0 unspecified atom stereocenters. The summed E-state index contributed by atoms with van der Waals surface area (Å²) in [4.78, 5) is 2.59. The first kappa shape index (κ1) is 13.6. The van der Waals surface area contributed by atoms with Crippen LogP contribution in [0, 0.1) is 6.92 Å². The van der Waals surface area contributed by atoms with Crippen LogP contribution in [0.5, 0.6) is 0 Å². The van der Waals surface area contributed by atoms with E-state index in [0.29, 0.717) is 0 Å². The van der Waals surface area contributed by atoms with Crippen molar-refractivity contribution < 1.29 is 0 Å². The highest BCUT2D eigenvalue weighted by Gasteiger charge is 2.20. The Balaban J connectivity index is 1.93. The summed E-state index contributed by atoms with van der Waals surface area (Å²) in [5, 5.41) is 3.63. The van der Waals surface area contributed by atoms with Crippen LogP contribution in [0.1, 0.15) is 37.8 Å². The Labute approximate surface area is 111 Å². The summed E-state index contributed by atoms with van der Waals surface area (Å²) in [6.45, 7) is 11.4. The number of nitrogens with one attached hydrogen (secondary N) is 1. The maximum absolute atomic E-state index is 3.63. The zero-order valence-corrected chi connectivity index (χ0v) is 12.0. The topological polar surface area (TPSA) is 15.3 Å². The van der Waals surface area contributed by atoms with Gasteiger partial charge in [0.2, 0.25) is 0 Å². The van der Waals surface area contributed by atoms with E-state index >= 15 is 0 Å². The second-order valence-electron chi connectivity index (χ2n) is 6.18. The van der Waals surface area contributed by atoms with E-state index < -0.39 is 0 Å². The van der Waals surface area contributed by atoms with Gasteiger partial charge >= 0.3 is 0 Å². The van der Waals surface area contributed by atoms with Crippen LogP contribution in [-0.4, -0.2) is 30.1 Å². The first-order valence-electron chi connectivity index (χ1n) is 7.08. The van der Waals surface area contributed by atoms with Crippen LogP contribution < -0.4 is 5.32 Å². The number of hydrogen-bond acceptors (Lipinski definition) is 2. The molecule has 2 nitrogen and oxygen atoms in total. The average Bonchev–Trinajstić information content (AvgIpc) is 2.32. The number of aryl methyl sites for hydroxylation is 1. The largest absolute Gasteiger partial charge is 0.312 e. The molecule has 100 valence electrons. The summed E-state index contributed by atoms with van der Waals surface area (Å²) in [5.41, 5.74) is 3.06. The monoisotopic (exact) mass is 246 g/mol. The average molecular weight is 246 g/mol. The van der Waals surface area contributed by atoms with E-state index in [1.54, 1.807) is 0 Å². The molecular formula is C16H26N2. The van der Waals surface area contributed by atoms with Gasteiger partial charge in [-0.2, -0.15) is 0 Å². The minimum absolute atomic E-state index is 0.284. The van der Waals surface area contributed by atoms with Crippen molar-refractivity contribution in [3.63, 3.8) is 0 Å². The second-order valence-corrected chi connectivity index (χ2v) is 6.18. The van der Waals surface area contributed by atoms with E-state index in [4.69, 9.17) is 0 Å². The highest BCUT2D eigenvalue weighted by Crippen LogP contribution is 2.15. The van der Waals surface area contributed by atoms with Crippen molar-refractivity contribution in [1.82, 2.24) is 10.2 Å². The van der Waals surface area contributed by atoms with Crippen molar-refractivity contribution in [3.05, 3.63) is 35.4 Å². The van der Waals surface area contributed by atoms with Crippen LogP contribution in [0.4, 0.5) is 0 Å². The Kier molecular flexibility index (Phi) is 4.41. The van der Waals surface area contributed by atoms with Crippen LogP contribution in [-0.2, 0) is 6.54 Å². The van der Waals surface area contributed by atoms with Gasteiger partial charge in [-0.15, -0.1) is 0 Å².